The van der Waals surface area contributed by atoms with Crippen LogP contribution >= 0.6 is 0 Å². The maximum atomic E-state index is 10.9. The standard InChI is InChI=1S/C10H18O3/c1-8(2)9(12)6-10(7-11)4-3-5-13-10/h7-9,12H,3-6H2,1-2H3. The van der Waals surface area contributed by atoms with Gasteiger partial charge in [0.2, 0.25) is 0 Å². The molecule has 1 N–H and O–H groups in total. The molecule has 0 aromatic carbocycles. The van der Waals surface area contributed by atoms with Crippen molar-refractivity contribution in [1.82, 2.24) is 0 Å². The second kappa shape index (κ2) is 4.20. The quantitative estimate of drug-likeness (QED) is 0.670. The van der Waals surface area contributed by atoms with Crippen molar-refractivity contribution in [2.75, 3.05) is 6.61 Å². The van der Waals surface area contributed by atoms with E-state index in [0.29, 0.717) is 13.0 Å². The molecule has 0 aliphatic carbocycles. The maximum absolute atomic E-state index is 10.9. The van der Waals surface area contributed by atoms with Gasteiger partial charge in [-0.05, 0) is 18.8 Å². The fourth-order valence-electron chi connectivity index (χ4n) is 1.61. The summed E-state index contributed by atoms with van der Waals surface area (Å²) in [5.41, 5.74) is -0.691. The molecule has 0 spiro atoms. The van der Waals surface area contributed by atoms with Gasteiger partial charge < -0.3 is 14.6 Å². The molecule has 2 unspecified atom stereocenters. The van der Waals surface area contributed by atoms with Crippen LogP contribution < -0.4 is 0 Å². The number of hydrogen-bond acceptors (Lipinski definition) is 3. The maximum Gasteiger partial charge on any atom is 0.151 e. The van der Waals surface area contributed by atoms with Crippen LogP contribution in [-0.4, -0.2) is 29.7 Å². The summed E-state index contributed by atoms with van der Waals surface area (Å²) < 4.78 is 5.38. The van der Waals surface area contributed by atoms with Crippen LogP contribution in [0.15, 0.2) is 0 Å². The highest BCUT2D eigenvalue weighted by Crippen LogP contribution is 2.29. The highest BCUT2D eigenvalue weighted by Gasteiger charge is 2.37. The Hall–Kier alpha value is -0.410. The molecule has 0 aromatic rings. The van der Waals surface area contributed by atoms with E-state index in [1.807, 2.05) is 13.8 Å². The summed E-state index contributed by atoms with van der Waals surface area (Å²) in [7, 11) is 0. The number of ether oxygens (including phenoxy) is 1. The zero-order valence-corrected chi connectivity index (χ0v) is 8.32. The topological polar surface area (TPSA) is 46.5 Å². The number of aldehydes is 1. The largest absolute Gasteiger partial charge is 0.393 e. The van der Waals surface area contributed by atoms with Gasteiger partial charge in [-0.2, -0.15) is 0 Å². The summed E-state index contributed by atoms with van der Waals surface area (Å²) in [6.45, 7) is 4.53. The van der Waals surface area contributed by atoms with Crippen molar-refractivity contribution in [2.24, 2.45) is 5.92 Å². The first-order valence-corrected chi connectivity index (χ1v) is 4.88. The highest BCUT2D eigenvalue weighted by atomic mass is 16.5. The van der Waals surface area contributed by atoms with Gasteiger partial charge in [0.25, 0.3) is 0 Å². The van der Waals surface area contributed by atoms with Crippen LogP contribution in [0.2, 0.25) is 0 Å². The molecule has 1 rings (SSSR count). The molecule has 3 nitrogen and oxygen atoms in total. The summed E-state index contributed by atoms with van der Waals surface area (Å²) in [6.07, 6.45) is 2.52. The number of carbonyl (C=O) groups excluding carboxylic acids is 1. The summed E-state index contributed by atoms with van der Waals surface area (Å²) in [5, 5.41) is 9.64. The Morgan fingerprint density at radius 2 is 2.31 bits per heavy atom. The van der Waals surface area contributed by atoms with E-state index in [9.17, 15) is 9.90 Å². The fraction of sp³-hybridized carbons (Fsp3) is 0.900. The zero-order valence-electron chi connectivity index (χ0n) is 8.32. The second-order valence-electron chi connectivity index (χ2n) is 4.15. The minimum atomic E-state index is -0.691. The van der Waals surface area contributed by atoms with E-state index in [1.165, 1.54) is 0 Å². The minimum Gasteiger partial charge on any atom is -0.393 e. The Morgan fingerprint density at radius 1 is 1.62 bits per heavy atom. The third-order valence-corrected chi connectivity index (χ3v) is 2.67. The van der Waals surface area contributed by atoms with Crippen LogP contribution in [0, 0.1) is 5.92 Å². The van der Waals surface area contributed by atoms with Crippen molar-refractivity contribution in [1.29, 1.82) is 0 Å². The molecule has 2 atom stereocenters. The van der Waals surface area contributed by atoms with Crippen molar-refractivity contribution < 1.29 is 14.6 Å². The normalized spacial score (nSPS) is 30.8. The molecule has 0 bridgehead atoms. The van der Waals surface area contributed by atoms with E-state index >= 15 is 0 Å². The van der Waals surface area contributed by atoms with Crippen LogP contribution in [0.4, 0.5) is 0 Å². The Kier molecular flexibility index (Phi) is 3.45. The van der Waals surface area contributed by atoms with Gasteiger partial charge >= 0.3 is 0 Å². The van der Waals surface area contributed by atoms with Gasteiger partial charge in [-0.3, -0.25) is 0 Å². The first-order valence-electron chi connectivity index (χ1n) is 4.88. The first kappa shape index (κ1) is 10.7. The predicted molar refractivity (Wildman–Crippen MR) is 49.4 cm³/mol. The van der Waals surface area contributed by atoms with Crippen LogP contribution in [-0.2, 0) is 9.53 Å². The van der Waals surface area contributed by atoms with E-state index in [2.05, 4.69) is 0 Å². The van der Waals surface area contributed by atoms with Gasteiger partial charge in [0.15, 0.2) is 6.29 Å². The average Bonchev–Trinajstić information content (AvgIpc) is 2.54. The van der Waals surface area contributed by atoms with Crippen molar-refractivity contribution in [3.05, 3.63) is 0 Å². The van der Waals surface area contributed by atoms with Crippen molar-refractivity contribution in [3.63, 3.8) is 0 Å². The zero-order chi connectivity index (χ0) is 9.90. The summed E-state index contributed by atoms with van der Waals surface area (Å²) in [4.78, 5) is 10.9. The Balaban J connectivity index is 2.53. The van der Waals surface area contributed by atoms with Crippen molar-refractivity contribution in [2.45, 2.75) is 44.8 Å². The van der Waals surface area contributed by atoms with Gasteiger partial charge in [0, 0.05) is 13.0 Å². The predicted octanol–water partition coefficient (Wildman–Crippen LogP) is 1.14. The Bertz CT molecular complexity index is 171. The number of aliphatic hydroxyl groups excluding tert-OH is 1. The van der Waals surface area contributed by atoms with E-state index in [1.54, 1.807) is 0 Å². The smallest absolute Gasteiger partial charge is 0.151 e. The average molecular weight is 186 g/mol. The number of hydrogen-bond donors (Lipinski definition) is 1. The van der Waals surface area contributed by atoms with Crippen LogP contribution in [0.1, 0.15) is 33.1 Å². The molecule has 13 heavy (non-hydrogen) atoms. The molecule has 1 aliphatic heterocycles. The molecule has 0 radical (unpaired) electrons. The van der Waals surface area contributed by atoms with Crippen LogP contribution in [0.3, 0.4) is 0 Å². The van der Waals surface area contributed by atoms with Gasteiger partial charge in [-0.1, -0.05) is 13.8 Å². The second-order valence-corrected chi connectivity index (χ2v) is 4.15. The first-order chi connectivity index (χ1) is 6.09. The minimum absolute atomic E-state index is 0.182. The molecule has 76 valence electrons. The number of rotatable bonds is 4. The molecule has 1 aliphatic rings. The molecule has 1 saturated heterocycles. The lowest BCUT2D eigenvalue weighted by molar-refractivity contribution is -0.130. The Labute approximate surface area is 79.1 Å². The lowest BCUT2D eigenvalue weighted by Crippen LogP contribution is -2.36. The number of aliphatic hydroxyl groups is 1. The number of carbonyl (C=O) groups is 1. The van der Waals surface area contributed by atoms with Crippen LogP contribution in [0.25, 0.3) is 0 Å². The third-order valence-electron chi connectivity index (χ3n) is 2.67. The van der Waals surface area contributed by atoms with Gasteiger partial charge in [-0.15, -0.1) is 0 Å². The molecule has 0 amide bonds. The molecular weight excluding hydrogens is 168 g/mol. The van der Waals surface area contributed by atoms with Gasteiger partial charge in [0.05, 0.1) is 6.10 Å². The summed E-state index contributed by atoms with van der Waals surface area (Å²) >= 11 is 0. The van der Waals surface area contributed by atoms with Crippen molar-refractivity contribution in [3.8, 4) is 0 Å². The molecule has 1 fully saturated rings. The van der Waals surface area contributed by atoms with Crippen LogP contribution in [0.5, 0.6) is 0 Å². The van der Waals surface area contributed by atoms with Gasteiger partial charge in [0.1, 0.15) is 5.60 Å². The summed E-state index contributed by atoms with van der Waals surface area (Å²) in [5.74, 6) is 0.182. The lowest BCUT2D eigenvalue weighted by atomic mass is 9.90. The van der Waals surface area contributed by atoms with E-state index in [4.69, 9.17) is 4.74 Å². The monoisotopic (exact) mass is 186 g/mol. The van der Waals surface area contributed by atoms with E-state index in [0.717, 1.165) is 19.1 Å². The lowest BCUT2D eigenvalue weighted by Gasteiger charge is -2.26. The molecule has 0 saturated carbocycles. The Morgan fingerprint density at radius 3 is 2.69 bits per heavy atom. The fourth-order valence-corrected chi connectivity index (χ4v) is 1.61. The third kappa shape index (κ3) is 2.51. The molecule has 3 heteroatoms. The van der Waals surface area contributed by atoms with E-state index < -0.39 is 11.7 Å². The van der Waals surface area contributed by atoms with Gasteiger partial charge in [-0.25, -0.2) is 0 Å². The molecule has 1 heterocycles. The molecule has 0 aromatic heterocycles. The summed E-state index contributed by atoms with van der Waals surface area (Å²) in [6, 6.07) is 0. The van der Waals surface area contributed by atoms with Crippen molar-refractivity contribution >= 4 is 6.29 Å². The highest BCUT2D eigenvalue weighted by molar-refractivity contribution is 5.63. The van der Waals surface area contributed by atoms with E-state index in [-0.39, 0.29) is 5.92 Å². The SMILES string of the molecule is CC(C)C(O)CC1(C=O)CCCO1. The molecular formula is C10H18O3.